The smallest absolute Gasteiger partial charge is 0.416 e. The Morgan fingerprint density at radius 3 is 2.53 bits per heavy atom. The van der Waals surface area contributed by atoms with E-state index in [-0.39, 0.29) is 12.5 Å². The summed E-state index contributed by atoms with van der Waals surface area (Å²) >= 11 is 0. The maximum Gasteiger partial charge on any atom is 0.416 e. The van der Waals surface area contributed by atoms with Crippen LogP contribution in [0.4, 0.5) is 13.2 Å². The third kappa shape index (κ3) is 4.88. The number of alkyl halides is 3. The molecule has 0 saturated heterocycles. The minimum absolute atomic E-state index is 0.0887. The number of benzene rings is 2. The highest BCUT2D eigenvalue weighted by Gasteiger charge is 2.30. The van der Waals surface area contributed by atoms with Crippen LogP contribution < -0.4 is 14.8 Å². The van der Waals surface area contributed by atoms with Gasteiger partial charge in [0.2, 0.25) is 0 Å². The minimum atomic E-state index is -4.44. The fourth-order valence-corrected chi connectivity index (χ4v) is 3.81. The summed E-state index contributed by atoms with van der Waals surface area (Å²) in [6, 6.07) is 13.9. The predicted molar refractivity (Wildman–Crippen MR) is 120 cm³/mol. The van der Waals surface area contributed by atoms with Crippen molar-refractivity contribution in [1.82, 2.24) is 9.88 Å². The number of carbonyl (C=O) groups is 1. The van der Waals surface area contributed by atoms with Gasteiger partial charge in [0.1, 0.15) is 5.69 Å². The summed E-state index contributed by atoms with van der Waals surface area (Å²) < 4.78 is 57.0. The molecule has 4 aromatic rings. The number of furan rings is 1. The van der Waals surface area contributed by atoms with E-state index in [1.165, 1.54) is 12.3 Å². The number of halogens is 3. The lowest BCUT2D eigenvalue weighted by Crippen LogP contribution is -2.28. The van der Waals surface area contributed by atoms with E-state index in [4.69, 9.17) is 13.9 Å². The number of rotatable bonds is 8. The first-order valence-electron chi connectivity index (χ1n) is 10.5. The topological polar surface area (TPSA) is 65.6 Å². The summed E-state index contributed by atoms with van der Waals surface area (Å²) in [6.45, 7) is 0.440. The van der Waals surface area contributed by atoms with Crippen LogP contribution in [0, 0.1) is 0 Å². The van der Waals surface area contributed by atoms with Crippen molar-refractivity contribution in [2.75, 3.05) is 20.8 Å². The molecule has 0 unspecified atom stereocenters. The first-order valence-corrected chi connectivity index (χ1v) is 10.5. The number of fused-ring (bicyclic) bond motifs is 1. The van der Waals surface area contributed by atoms with Crippen LogP contribution in [0.15, 0.2) is 65.3 Å². The largest absolute Gasteiger partial charge is 0.493 e. The van der Waals surface area contributed by atoms with Gasteiger partial charge in [0.05, 0.1) is 31.6 Å². The maximum atomic E-state index is 13.1. The second-order valence-corrected chi connectivity index (χ2v) is 7.68. The summed E-state index contributed by atoms with van der Waals surface area (Å²) in [7, 11) is 3.11. The summed E-state index contributed by atoms with van der Waals surface area (Å²) in [4.78, 5) is 13.0. The molecule has 9 heteroatoms. The molecular formula is C25H23F3N2O4. The third-order valence-corrected chi connectivity index (χ3v) is 5.50. The molecule has 1 N–H and O–H groups in total. The molecule has 0 aliphatic rings. The molecule has 0 aliphatic heterocycles. The SMILES string of the molecule is COc1ccc(CCNC(=O)c2cc3occc3n2Cc2cccc(C(F)(F)F)c2)cc1OC. The van der Waals surface area contributed by atoms with Gasteiger partial charge in [0.15, 0.2) is 17.1 Å². The molecule has 2 aromatic carbocycles. The van der Waals surface area contributed by atoms with Crippen LogP contribution in [0.3, 0.4) is 0 Å². The van der Waals surface area contributed by atoms with Gasteiger partial charge in [-0.15, -0.1) is 0 Å². The van der Waals surface area contributed by atoms with Crippen molar-refractivity contribution in [3.05, 3.63) is 83.2 Å². The zero-order chi connectivity index (χ0) is 24.3. The molecule has 4 rings (SSSR count). The molecule has 0 saturated carbocycles. The van der Waals surface area contributed by atoms with Crippen LogP contribution in [0.2, 0.25) is 0 Å². The monoisotopic (exact) mass is 472 g/mol. The van der Waals surface area contributed by atoms with Crippen molar-refractivity contribution in [3.8, 4) is 11.5 Å². The Labute approximate surface area is 193 Å². The van der Waals surface area contributed by atoms with Gasteiger partial charge in [-0.3, -0.25) is 4.79 Å². The fourth-order valence-electron chi connectivity index (χ4n) is 3.81. The van der Waals surface area contributed by atoms with Gasteiger partial charge >= 0.3 is 6.18 Å². The zero-order valence-electron chi connectivity index (χ0n) is 18.6. The van der Waals surface area contributed by atoms with E-state index in [2.05, 4.69) is 5.32 Å². The van der Waals surface area contributed by atoms with E-state index in [9.17, 15) is 18.0 Å². The number of ether oxygens (including phenoxy) is 2. The Hall–Kier alpha value is -3.88. The number of hydrogen-bond donors (Lipinski definition) is 1. The summed E-state index contributed by atoms with van der Waals surface area (Å²) in [5.41, 5.74) is 2.05. The molecule has 0 atom stereocenters. The van der Waals surface area contributed by atoms with E-state index in [1.807, 2.05) is 12.1 Å². The highest BCUT2D eigenvalue weighted by atomic mass is 19.4. The van der Waals surface area contributed by atoms with E-state index >= 15 is 0 Å². The van der Waals surface area contributed by atoms with Gasteiger partial charge in [-0.05, 0) is 41.8 Å². The quantitative estimate of drug-likeness (QED) is 0.378. The predicted octanol–water partition coefficient (Wildman–Crippen LogP) is 5.29. The molecule has 0 fully saturated rings. The van der Waals surface area contributed by atoms with Gasteiger partial charge in [-0.2, -0.15) is 13.2 Å². The molecule has 2 aromatic heterocycles. The van der Waals surface area contributed by atoms with Gasteiger partial charge in [0, 0.05) is 25.2 Å². The number of amides is 1. The number of carbonyl (C=O) groups excluding carboxylic acids is 1. The number of nitrogens with zero attached hydrogens (tertiary/aromatic N) is 1. The standard InChI is InChI=1S/C25H23F3N2O4/c1-32-21-7-6-16(13-23(21)33-2)8-10-29-24(31)20-14-22-19(9-11-34-22)30(20)15-17-4-3-5-18(12-17)25(26,27)28/h3-7,9,11-14H,8,10,15H2,1-2H3,(H,29,31). The van der Waals surface area contributed by atoms with Crippen LogP contribution in [-0.4, -0.2) is 31.2 Å². The molecule has 6 nitrogen and oxygen atoms in total. The minimum Gasteiger partial charge on any atom is -0.493 e. The van der Waals surface area contributed by atoms with E-state index in [1.54, 1.807) is 43.1 Å². The van der Waals surface area contributed by atoms with Crippen LogP contribution in [0.1, 0.15) is 27.2 Å². The molecule has 0 bridgehead atoms. The third-order valence-electron chi connectivity index (χ3n) is 5.50. The molecule has 0 spiro atoms. The second-order valence-electron chi connectivity index (χ2n) is 7.68. The lowest BCUT2D eigenvalue weighted by Gasteiger charge is -2.13. The van der Waals surface area contributed by atoms with Crippen LogP contribution in [0.25, 0.3) is 11.1 Å². The molecule has 0 aliphatic carbocycles. The lowest BCUT2D eigenvalue weighted by molar-refractivity contribution is -0.137. The lowest BCUT2D eigenvalue weighted by atomic mass is 10.1. The first-order chi connectivity index (χ1) is 16.3. The highest BCUT2D eigenvalue weighted by molar-refractivity contribution is 5.97. The summed E-state index contributed by atoms with van der Waals surface area (Å²) in [6.07, 6.45) is -2.41. The number of aromatic nitrogens is 1. The van der Waals surface area contributed by atoms with Gasteiger partial charge in [-0.25, -0.2) is 0 Å². The number of nitrogens with one attached hydrogen (secondary N) is 1. The van der Waals surface area contributed by atoms with E-state index in [0.717, 1.165) is 17.7 Å². The van der Waals surface area contributed by atoms with Crippen molar-refractivity contribution in [3.63, 3.8) is 0 Å². The maximum absolute atomic E-state index is 13.1. The fraction of sp³-hybridized carbons (Fsp3) is 0.240. The van der Waals surface area contributed by atoms with Crippen molar-refractivity contribution < 1.29 is 31.9 Å². The average molecular weight is 472 g/mol. The Morgan fingerprint density at radius 1 is 1.00 bits per heavy atom. The van der Waals surface area contributed by atoms with Crippen LogP contribution in [0.5, 0.6) is 11.5 Å². The zero-order valence-corrected chi connectivity index (χ0v) is 18.6. The highest BCUT2D eigenvalue weighted by Crippen LogP contribution is 2.31. The van der Waals surface area contributed by atoms with Gasteiger partial charge in [-0.1, -0.05) is 18.2 Å². The normalized spacial score (nSPS) is 11.6. The van der Waals surface area contributed by atoms with Crippen molar-refractivity contribution in [2.45, 2.75) is 19.1 Å². The molecule has 0 radical (unpaired) electrons. The Balaban J connectivity index is 1.51. The van der Waals surface area contributed by atoms with Gasteiger partial charge in [0.25, 0.3) is 5.91 Å². The number of methoxy groups -OCH3 is 2. The number of hydrogen-bond acceptors (Lipinski definition) is 4. The van der Waals surface area contributed by atoms with Crippen LogP contribution in [-0.2, 0) is 19.1 Å². The average Bonchev–Trinajstić information content (AvgIpc) is 3.41. The van der Waals surface area contributed by atoms with Crippen molar-refractivity contribution in [1.29, 1.82) is 0 Å². The van der Waals surface area contributed by atoms with Gasteiger partial charge < -0.3 is 23.8 Å². The van der Waals surface area contributed by atoms with Crippen LogP contribution >= 0.6 is 0 Å². The summed E-state index contributed by atoms with van der Waals surface area (Å²) in [5, 5.41) is 2.87. The second kappa shape index (κ2) is 9.54. The molecule has 178 valence electrons. The molecule has 1 amide bonds. The van der Waals surface area contributed by atoms with Crippen molar-refractivity contribution >= 4 is 17.0 Å². The van der Waals surface area contributed by atoms with E-state index in [0.29, 0.717) is 46.8 Å². The van der Waals surface area contributed by atoms with E-state index < -0.39 is 11.7 Å². The Morgan fingerprint density at radius 2 is 1.79 bits per heavy atom. The Kier molecular flexibility index (Phi) is 6.54. The molecular weight excluding hydrogens is 449 g/mol. The molecule has 2 heterocycles. The molecule has 34 heavy (non-hydrogen) atoms. The Bertz CT molecular complexity index is 1310. The van der Waals surface area contributed by atoms with Crippen molar-refractivity contribution in [2.24, 2.45) is 0 Å². The summed E-state index contributed by atoms with van der Waals surface area (Å²) in [5.74, 6) is 0.866. The first kappa shape index (κ1) is 23.3.